The highest BCUT2D eigenvalue weighted by Crippen LogP contribution is 2.34. The minimum atomic E-state index is -0.600. The van der Waals surface area contributed by atoms with Gasteiger partial charge >= 0.3 is 11.9 Å². The molecular formula is C21H25NO7S. The molecule has 9 heteroatoms. The van der Waals surface area contributed by atoms with Crippen molar-refractivity contribution in [3.8, 4) is 11.5 Å². The van der Waals surface area contributed by atoms with Gasteiger partial charge in [0.1, 0.15) is 9.88 Å². The molecular weight excluding hydrogens is 410 g/mol. The van der Waals surface area contributed by atoms with Crippen LogP contribution in [0.5, 0.6) is 11.5 Å². The number of benzene rings is 1. The first-order valence-electron chi connectivity index (χ1n) is 9.25. The Morgan fingerprint density at radius 3 is 2.33 bits per heavy atom. The third-order valence-corrected chi connectivity index (χ3v) is 5.53. The number of carbonyl (C=O) groups excluding carboxylic acids is 3. The van der Waals surface area contributed by atoms with Crippen molar-refractivity contribution < 1.29 is 33.3 Å². The molecule has 2 rings (SSSR count). The van der Waals surface area contributed by atoms with E-state index in [0.29, 0.717) is 23.5 Å². The average molecular weight is 435 g/mol. The van der Waals surface area contributed by atoms with Crippen molar-refractivity contribution in [3.05, 3.63) is 39.8 Å². The summed E-state index contributed by atoms with van der Waals surface area (Å²) < 4.78 is 20.3. The fourth-order valence-electron chi connectivity index (χ4n) is 2.82. The van der Waals surface area contributed by atoms with E-state index in [0.717, 1.165) is 16.9 Å². The SMILES string of the molecule is CCOC(=O)c1c(NC(=O)CCc2ccc(OC)c(OC)c2)sc(C(=O)OC)c1C. The number of anilines is 1. The summed E-state index contributed by atoms with van der Waals surface area (Å²) in [6.45, 7) is 3.48. The maximum absolute atomic E-state index is 12.5. The summed E-state index contributed by atoms with van der Waals surface area (Å²) >= 11 is 0.990. The van der Waals surface area contributed by atoms with E-state index in [1.165, 1.54) is 7.11 Å². The summed E-state index contributed by atoms with van der Waals surface area (Å²) in [5.74, 6) is -0.288. The van der Waals surface area contributed by atoms with Crippen molar-refractivity contribution in [1.29, 1.82) is 0 Å². The Hall–Kier alpha value is -3.07. The Balaban J connectivity index is 2.17. The molecule has 0 aliphatic rings. The summed E-state index contributed by atoms with van der Waals surface area (Å²) in [5, 5.41) is 2.99. The number of nitrogens with one attached hydrogen (secondary N) is 1. The van der Waals surface area contributed by atoms with Gasteiger partial charge in [-0.25, -0.2) is 9.59 Å². The van der Waals surface area contributed by atoms with Crippen LogP contribution in [0.4, 0.5) is 5.00 Å². The molecule has 8 nitrogen and oxygen atoms in total. The number of rotatable bonds is 9. The van der Waals surface area contributed by atoms with Gasteiger partial charge < -0.3 is 24.3 Å². The number of thiophene rings is 1. The number of carbonyl (C=O) groups is 3. The van der Waals surface area contributed by atoms with E-state index in [9.17, 15) is 14.4 Å². The van der Waals surface area contributed by atoms with Gasteiger partial charge in [0.15, 0.2) is 11.5 Å². The minimum Gasteiger partial charge on any atom is -0.493 e. The van der Waals surface area contributed by atoms with Gasteiger partial charge in [-0.3, -0.25) is 4.79 Å². The summed E-state index contributed by atoms with van der Waals surface area (Å²) in [7, 11) is 4.36. The first-order valence-corrected chi connectivity index (χ1v) is 10.1. The third kappa shape index (κ3) is 5.29. The van der Waals surface area contributed by atoms with Crippen molar-refractivity contribution in [2.24, 2.45) is 0 Å². The van der Waals surface area contributed by atoms with Gasteiger partial charge in [-0.15, -0.1) is 11.3 Å². The molecule has 0 radical (unpaired) electrons. The van der Waals surface area contributed by atoms with Crippen LogP contribution in [0.3, 0.4) is 0 Å². The molecule has 2 aromatic rings. The number of hydrogen-bond donors (Lipinski definition) is 1. The predicted octanol–water partition coefficient (Wildman–Crippen LogP) is 3.61. The van der Waals surface area contributed by atoms with Crippen molar-refractivity contribution >= 4 is 34.2 Å². The molecule has 0 spiro atoms. The van der Waals surface area contributed by atoms with Gasteiger partial charge in [0.25, 0.3) is 0 Å². The molecule has 0 aliphatic heterocycles. The monoisotopic (exact) mass is 435 g/mol. The Morgan fingerprint density at radius 2 is 1.73 bits per heavy atom. The highest BCUT2D eigenvalue weighted by Gasteiger charge is 2.27. The van der Waals surface area contributed by atoms with Crippen molar-refractivity contribution in [1.82, 2.24) is 0 Å². The zero-order chi connectivity index (χ0) is 22.3. The Kier molecular flexibility index (Phi) is 8.23. The van der Waals surface area contributed by atoms with E-state index in [1.54, 1.807) is 40.2 Å². The fraction of sp³-hybridized carbons (Fsp3) is 0.381. The van der Waals surface area contributed by atoms with Gasteiger partial charge in [0, 0.05) is 6.42 Å². The zero-order valence-corrected chi connectivity index (χ0v) is 18.4. The van der Waals surface area contributed by atoms with Gasteiger partial charge in [0.2, 0.25) is 5.91 Å². The van der Waals surface area contributed by atoms with Gasteiger partial charge in [-0.05, 0) is 43.5 Å². The molecule has 1 aromatic carbocycles. The van der Waals surface area contributed by atoms with E-state index < -0.39 is 11.9 Å². The second-order valence-electron chi connectivity index (χ2n) is 6.21. The predicted molar refractivity (Wildman–Crippen MR) is 113 cm³/mol. The second-order valence-corrected chi connectivity index (χ2v) is 7.23. The molecule has 162 valence electrons. The van der Waals surface area contributed by atoms with Crippen LogP contribution in [0, 0.1) is 6.92 Å². The van der Waals surface area contributed by atoms with Crippen LogP contribution in [-0.2, 0) is 20.7 Å². The van der Waals surface area contributed by atoms with Crippen LogP contribution in [0.2, 0.25) is 0 Å². The maximum atomic E-state index is 12.5. The van der Waals surface area contributed by atoms with Crippen molar-refractivity contribution in [3.63, 3.8) is 0 Å². The van der Waals surface area contributed by atoms with Crippen LogP contribution < -0.4 is 14.8 Å². The van der Waals surface area contributed by atoms with Gasteiger partial charge in [-0.2, -0.15) is 0 Å². The molecule has 0 saturated heterocycles. The lowest BCUT2D eigenvalue weighted by Gasteiger charge is -2.10. The molecule has 30 heavy (non-hydrogen) atoms. The topological polar surface area (TPSA) is 100 Å². The lowest BCUT2D eigenvalue weighted by atomic mass is 10.1. The Morgan fingerprint density at radius 1 is 1.03 bits per heavy atom. The number of methoxy groups -OCH3 is 3. The Bertz CT molecular complexity index is 936. The summed E-state index contributed by atoms with van der Waals surface area (Å²) in [6.07, 6.45) is 0.622. The van der Waals surface area contributed by atoms with Crippen molar-refractivity contribution in [2.45, 2.75) is 26.7 Å². The molecule has 0 atom stereocenters. The molecule has 0 aliphatic carbocycles. The largest absolute Gasteiger partial charge is 0.493 e. The number of amides is 1. The molecule has 0 unspecified atom stereocenters. The van der Waals surface area contributed by atoms with Gasteiger partial charge in [-0.1, -0.05) is 6.07 Å². The number of ether oxygens (including phenoxy) is 4. The third-order valence-electron chi connectivity index (χ3n) is 4.34. The average Bonchev–Trinajstić information content (AvgIpc) is 3.07. The maximum Gasteiger partial charge on any atom is 0.348 e. The molecule has 1 N–H and O–H groups in total. The minimum absolute atomic E-state index is 0.168. The van der Waals surface area contributed by atoms with Crippen LogP contribution in [0.1, 0.15) is 44.5 Å². The lowest BCUT2D eigenvalue weighted by molar-refractivity contribution is -0.116. The van der Waals surface area contributed by atoms with Crippen LogP contribution >= 0.6 is 11.3 Å². The summed E-state index contributed by atoms with van der Waals surface area (Å²) in [5.41, 5.74) is 1.48. The normalized spacial score (nSPS) is 10.3. The van der Waals surface area contributed by atoms with E-state index in [2.05, 4.69) is 5.32 Å². The number of hydrogen-bond acceptors (Lipinski definition) is 8. The molecule has 1 amide bonds. The molecule has 1 aromatic heterocycles. The Labute approximate surface area is 179 Å². The van der Waals surface area contributed by atoms with E-state index in [4.69, 9.17) is 18.9 Å². The summed E-state index contributed by atoms with van der Waals surface area (Å²) in [6, 6.07) is 5.43. The zero-order valence-electron chi connectivity index (χ0n) is 17.6. The number of aryl methyl sites for hydroxylation is 1. The molecule has 0 bridgehead atoms. The highest BCUT2D eigenvalue weighted by atomic mass is 32.1. The van der Waals surface area contributed by atoms with Gasteiger partial charge in [0.05, 0.1) is 33.5 Å². The molecule has 0 fully saturated rings. The summed E-state index contributed by atoms with van der Waals surface area (Å²) in [4.78, 5) is 37.1. The lowest BCUT2D eigenvalue weighted by Crippen LogP contribution is -2.15. The van der Waals surface area contributed by atoms with Crippen LogP contribution in [0.15, 0.2) is 18.2 Å². The van der Waals surface area contributed by atoms with Crippen molar-refractivity contribution in [2.75, 3.05) is 33.3 Å². The van der Waals surface area contributed by atoms with E-state index in [-0.39, 0.29) is 34.4 Å². The van der Waals surface area contributed by atoms with Crippen LogP contribution in [0.25, 0.3) is 0 Å². The second kappa shape index (κ2) is 10.6. The first-order chi connectivity index (χ1) is 14.4. The van der Waals surface area contributed by atoms with E-state index >= 15 is 0 Å². The standard InChI is InChI=1S/C21H25NO7S/c1-6-29-20(24)17-12(2)18(21(25)28-5)30-19(17)22-16(23)10-8-13-7-9-14(26-3)15(11-13)27-4/h7,9,11H,6,8,10H2,1-5H3,(H,22,23). The quantitative estimate of drug-likeness (QED) is 0.601. The smallest absolute Gasteiger partial charge is 0.348 e. The molecule has 1 heterocycles. The molecule has 0 saturated carbocycles. The fourth-order valence-corrected chi connectivity index (χ4v) is 3.95. The van der Waals surface area contributed by atoms with E-state index in [1.807, 2.05) is 6.07 Å². The number of esters is 2. The first kappa shape index (κ1) is 23.2. The van der Waals surface area contributed by atoms with Crippen LogP contribution in [-0.4, -0.2) is 45.8 Å². The highest BCUT2D eigenvalue weighted by molar-refractivity contribution is 7.18.